The maximum absolute atomic E-state index is 11.7. The molecule has 1 heterocycles. The van der Waals surface area contributed by atoms with Gasteiger partial charge in [0.1, 0.15) is 0 Å². The molecular formula is C13H19NO2S. The molecule has 1 fully saturated rings. The van der Waals surface area contributed by atoms with Gasteiger partial charge in [-0.1, -0.05) is 6.42 Å². The van der Waals surface area contributed by atoms with Crippen molar-refractivity contribution >= 4 is 17.3 Å². The highest BCUT2D eigenvalue weighted by Crippen LogP contribution is 2.41. The Kier molecular flexibility index (Phi) is 3.84. The molecule has 17 heavy (non-hydrogen) atoms. The SMILES string of the molecule is COC(=O)C1(CNCc2sccc2C)CCC1. The highest BCUT2D eigenvalue weighted by molar-refractivity contribution is 7.10. The summed E-state index contributed by atoms with van der Waals surface area (Å²) in [6.45, 7) is 3.70. The standard InChI is InChI=1S/C13H19NO2S/c1-10-4-7-17-11(10)8-14-9-13(5-3-6-13)12(15)16-2/h4,7,14H,3,5-6,8-9H2,1-2H3. The molecule has 1 aromatic rings. The second-order valence-electron chi connectivity index (χ2n) is 4.76. The zero-order chi connectivity index (χ0) is 12.3. The molecule has 0 aromatic carbocycles. The minimum absolute atomic E-state index is 0.0563. The molecule has 0 aliphatic heterocycles. The van der Waals surface area contributed by atoms with Gasteiger partial charge in [-0.05, 0) is 36.8 Å². The number of esters is 1. The molecule has 0 unspecified atom stereocenters. The van der Waals surface area contributed by atoms with E-state index in [2.05, 4.69) is 23.7 Å². The largest absolute Gasteiger partial charge is 0.469 e. The van der Waals surface area contributed by atoms with E-state index in [1.165, 1.54) is 17.6 Å². The smallest absolute Gasteiger partial charge is 0.313 e. The van der Waals surface area contributed by atoms with Gasteiger partial charge in [0.25, 0.3) is 0 Å². The van der Waals surface area contributed by atoms with Crippen LogP contribution in [0.15, 0.2) is 11.4 Å². The summed E-state index contributed by atoms with van der Waals surface area (Å²) in [5.74, 6) is -0.0563. The van der Waals surface area contributed by atoms with Crippen LogP contribution in [0.3, 0.4) is 0 Å². The van der Waals surface area contributed by atoms with Crippen LogP contribution in [0, 0.1) is 12.3 Å². The third kappa shape index (κ3) is 2.53. The number of nitrogens with one attached hydrogen (secondary N) is 1. The molecule has 1 N–H and O–H groups in total. The third-order valence-electron chi connectivity index (χ3n) is 3.65. The van der Waals surface area contributed by atoms with Crippen molar-refractivity contribution in [2.75, 3.05) is 13.7 Å². The molecule has 0 radical (unpaired) electrons. The first kappa shape index (κ1) is 12.6. The summed E-state index contributed by atoms with van der Waals surface area (Å²) in [6, 6.07) is 2.13. The lowest BCUT2D eigenvalue weighted by atomic mass is 9.68. The van der Waals surface area contributed by atoms with Gasteiger partial charge >= 0.3 is 5.97 Å². The summed E-state index contributed by atoms with van der Waals surface area (Å²) >= 11 is 1.76. The highest BCUT2D eigenvalue weighted by atomic mass is 32.1. The Labute approximate surface area is 106 Å². The molecule has 1 aliphatic rings. The molecule has 1 aromatic heterocycles. The second-order valence-corrected chi connectivity index (χ2v) is 5.76. The second kappa shape index (κ2) is 5.19. The Bertz CT molecular complexity index is 396. The number of hydrogen-bond acceptors (Lipinski definition) is 4. The first-order chi connectivity index (χ1) is 8.18. The van der Waals surface area contributed by atoms with E-state index in [9.17, 15) is 4.79 Å². The van der Waals surface area contributed by atoms with Crippen molar-refractivity contribution in [1.29, 1.82) is 0 Å². The number of thiophene rings is 1. The molecule has 1 aliphatic carbocycles. The molecule has 0 spiro atoms. The normalized spacial score (nSPS) is 17.5. The van der Waals surface area contributed by atoms with Crippen molar-refractivity contribution in [3.8, 4) is 0 Å². The van der Waals surface area contributed by atoms with Gasteiger partial charge in [0.05, 0.1) is 12.5 Å². The van der Waals surface area contributed by atoms with E-state index in [0.717, 1.165) is 32.4 Å². The van der Waals surface area contributed by atoms with Gasteiger partial charge in [-0.15, -0.1) is 11.3 Å². The van der Waals surface area contributed by atoms with E-state index in [-0.39, 0.29) is 11.4 Å². The average Bonchev–Trinajstić information content (AvgIpc) is 2.67. The van der Waals surface area contributed by atoms with Gasteiger partial charge in [0, 0.05) is 18.0 Å². The molecule has 0 atom stereocenters. The summed E-state index contributed by atoms with van der Waals surface area (Å²) in [7, 11) is 1.48. The van der Waals surface area contributed by atoms with Crippen molar-refractivity contribution < 1.29 is 9.53 Å². The van der Waals surface area contributed by atoms with E-state index in [0.29, 0.717) is 0 Å². The van der Waals surface area contributed by atoms with Crippen LogP contribution in [0.5, 0.6) is 0 Å². The van der Waals surface area contributed by atoms with Crippen LogP contribution in [0.1, 0.15) is 29.7 Å². The Morgan fingerprint density at radius 3 is 2.82 bits per heavy atom. The van der Waals surface area contributed by atoms with E-state index in [1.807, 2.05) is 0 Å². The maximum Gasteiger partial charge on any atom is 0.313 e. The van der Waals surface area contributed by atoms with Crippen molar-refractivity contribution in [1.82, 2.24) is 5.32 Å². The van der Waals surface area contributed by atoms with Gasteiger partial charge in [-0.25, -0.2) is 0 Å². The van der Waals surface area contributed by atoms with Crippen molar-refractivity contribution in [3.63, 3.8) is 0 Å². The topological polar surface area (TPSA) is 38.3 Å². The first-order valence-corrected chi connectivity index (χ1v) is 6.88. The number of ether oxygens (including phenoxy) is 1. The number of hydrogen-bond donors (Lipinski definition) is 1. The van der Waals surface area contributed by atoms with E-state index >= 15 is 0 Å². The van der Waals surface area contributed by atoms with Crippen LogP contribution in [0.4, 0.5) is 0 Å². The average molecular weight is 253 g/mol. The van der Waals surface area contributed by atoms with E-state index in [4.69, 9.17) is 4.74 Å². The number of rotatable bonds is 5. The minimum atomic E-state index is -0.250. The van der Waals surface area contributed by atoms with Crippen LogP contribution < -0.4 is 5.32 Å². The number of aryl methyl sites for hydroxylation is 1. The first-order valence-electron chi connectivity index (χ1n) is 6.00. The zero-order valence-electron chi connectivity index (χ0n) is 10.4. The quantitative estimate of drug-likeness (QED) is 0.819. The molecule has 0 saturated heterocycles. The van der Waals surface area contributed by atoms with Crippen LogP contribution in [-0.4, -0.2) is 19.6 Å². The minimum Gasteiger partial charge on any atom is -0.469 e. The molecule has 0 bridgehead atoms. The fraction of sp³-hybridized carbons (Fsp3) is 0.615. The van der Waals surface area contributed by atoms with E-state index < -0.39 is 0 Å². The lowest BCUT2D eigenvalue weighted by molar-refractivity contribution is -0.158. The van der Waals surface area contributed by atoms with Gasteiger partial charge < -0.3 is 10.1 Å². The molecule has 0 amide bonds. The summed E-state index contributed by atoms with van der Waals surface area (Å²) in [5, 5.41) is 5.50. The maximum atomic E-state index is 11.7. The van der Waals surface area contributed by atoms with E-state index in [1.54, 1.807) is 11.3 Å². The summed E-state index contributed by atoms with van der Waals surface area (Å²) in [5.41, 5.74) is 1.07. The number of methoxy groups -OCH3 is 1. The highest BCUT2D eigenvalue weighted by Gasteiger charge is 2.44. The molecule has 94 valence electrons. The predicted octanol–water partition coefficient (Wildman–Crippen LogP) is 2.49. The van der Waals surface area contributed by atoms with Crippen molar-refractivity contribution in [2.45, 2.75) is 32.7 Å². The van der Waals surface area contributed by atoms with Crippen molar-refractivity contribution in [3.05, 3.63) is 21.9 Å². The molecule has 2 rings (SSSR count). The number of carbonyl (C=O) groups excluding carboxylic acids is 1. The predicted molar refractivity (Wildman–Crippen MR) is 69.1 cm³/mol. The third-order valence-corrected chi connectivity index (χ3v) is 4.67. The molecule has 3 nitrogen and oxygen atoms in total. The van der Waals surface area contributed by atoms with Crippen LogP contribution in [0.25, 0.3) is 0 Å². The lowest BCUT2D eigenvalue weighted by Gasteiger charge is -2.38. The van der Waals surface area contributed by atoms with Gasteiger partial charge in [-0.2, -0.15) is 0 Å². The fourth-order valence-corrected chi connectivity index (χ4v) is 3.15. The summed E-state index contributed by atoms with van der Waals surface area (Å²) in [4.78, 5) is 13.1. The zero-order valence-corrected chi connectivity index (χ0v) is 11.2. The summed E-state index contributed by atoms with van der Waals surface area (Å²) in [6.07, 6.45) is 3.04. The number of carbonyl (C=O) groups is 1. The molecule has 1 saturated carbocycles. The summed E-state index contributed by atoms with van der Waals surface area (Å²) < 4.78 is 4.89. The van der Waals surface area contributed by atoms with Crippen molar-refractivity contribution in [2.24, 2.45) is 5.41 Å². The van der Waals surface area contributed by atoms with Gasteiger partial charge in [0.15, 0.2) is 0 Å². The van der Waals surface area contributed by atoms with Crippen LogP contribution >= 0.6 is 11.3 Å². The molecule has 4 heteroatoms. The Morgan fingerprint density at radius 1 is 1.59 bits per heavy atom. The van der Waals surface area contributed by atoms with Gasteiger partial charge in [0.2, 0.25) is 0 Å². The Hall–Kier alpha value is -0.870. The van der Waals surface area contributed by atoms with Crippen LogP contribution in [0.2, 0.25) is 0 Å². The Balaban J connectivity index is 1.85. The Morgan fingerprint density at radius 2 is 2.35 bits per heavy atom. The lowest BCUT2D eigenvalue weighted by Crippen LogP contribution is -2.46. The van der Waals surface area contributed by atoms with Gasteiger partial charge in [-0.3, -0.25) is 4.79 Å². The molecular weight excluding hydrogens is 234 g/mol. The van der Waals surface area contributed by atoms with Crippen LogP contribution in [-0.2, 0) is 16.1 Å². The monoisotopic (exact) mass is 253 g/mol. The fourth-order valence-electron chi connectivity index (χ4n) is 2.27.